The van der Waals surface area contributed by atoms with Crippen molar-refractivity contribution in [3.05, 3.63) is 82.9 Å². The number of hydrogen-bond donors (Lipinski definition) is 3. The van der Waals surface area contributed by atoms with Crippen LogP contribution in [-0.4, -0.2) is 63.8 Å². The quantitative estimate of drug-likeness (QED) is 0.162. The number of aromatic nitrogens is 4. The molecule has 0 spiro atoms. The van der Waals surface area contributed by atoms with Crippen LogP contribution in [-0.2, 0) is 0 Å². The molecule has 5 heterocycles. The molecule has 0 radical (unpaired) electrons. The Morgan fingerprint density at radius 3 is 2.20 bits per heavy atom. The van der Waals surface area contributed by atoms with Crippen LogP contribution in [0, 0.1) is 6.92 Å². The van der Waals surface area contributed by atoms with E-state index in [1.807, 2.05) is 36.4 Å². The number of quaternary nitrogens is 1. The maximum absolute atomic E-state index is 10.7. The molecule has 2 aliphatic rings. The lowest BCUT2D eigenvalue weighted by atomic mass is 10.0. The Bertz CT molecular complexity index is 1820. The van der Waals surface area contributed by atoms with Gasteiger partial charge in [-0.2, -0.15) is 0 Å². The van der Waals surface area contributed by atoms with Crippen LogP contribution in [0.1, 0.15) is 34.8 Å². The molecule has 40 heavy (non-hydrogen) atoms. The van der Waals surface area contributed by atoms with Crippen molar-refractivity contribution < 1.29 is 14.3 Å². The lowest BCUT2D eigenvalue weighted by molar-refractivity contribution is -0.870. The summed E-state index contributed by atoms with van der Waals surface area (Å²) in [5.41, 5.74) is 10.1. The molecular formula is C33H34N5O2+. The number of phenols is 1. The van der Waals surface area contributed by atoms with E-state index in [-0.39, 0.29) is 5.75 Å². The van der Waals surface area contributed by atoms with Gasteiger partial charge < -0.3 is 24.3 Å². The second kappa shape index (κ2) is 10.2. The zero-order valence-corrected chi connectivity index (χ0v) is 23.3. The van der Waals surface area contributed by atoms with Gasteiger partial charge in [-0.05, 0) is 90.9 Å². The summed E-state index contributed by atoms with van der Waals surface area (Å²) in [6, 6.07) is 17.7. The molecule has 0 saturated carbocycles. The molecule has 1 aromatic carbocycles. The normalized spacial score (nSPS) is 12.7. The van der Waals surface area contributed by atoms with E-state index in [1.54, 1.807) is 12.1 Å². The summed E-state index contributed by atoms with van der Waals surface area (Å²) >= 11 is 0. The van der Waals surface area contributed by atoms with Gasteiger partial charge in [0.15, 0.2) is 0 Å². The van der Waals surface area contributed by atoms with E-state index >= 15 is 0 Å². The predicted molar refractivity (Wildman–Crippen MR) is 164 cm³/mol. The van der Waals surface area contributed by atoms with Crippen molar-refractivity contribution in [3.63, 3.8) is 0 Å². The van der Waals surface area contributed by atoms with Gasteiger partial charge in [-0.15, -0.1) is 0 Å². The average Bonchev–Trinajstić information content (AvgIpc) is 3.70. The van der Waals surface area contributed by atoms with E-state index < -0.39 is 0 Å². The Kier molecular flexibility index (Phi) is 6.52. The largest absolute Gasteiger partial charge is 0.508 e. The number of aromatic amines is 2. The Morgan fingerprint density at radius 1 is 0.775 bits per heavy atom. The minimum Gasteiger partial charge on any atom is -0.508 e. The molecule has 3 N–H and O–H groups in total. The minimum absolute atomic E-state index is 0.148. The highest BCUT2D eigenvalue weighted by molar-refractivity contribution is 5.91. The minimum atomic E-state index is 0.148. The van der Waals surface area contributed by atoms with Crippen molar-refractivity contribution in [3.8, 4) is 22.6 Å². The van der Waals surface area contributed by atoms with Gasteiger partial charge in [0.25, 0.3) is 0 Å². The average molecular weight is 533 g/mol. The third-order valence-electron chi connectivity index (χ3n) is 7.08. The molecule has 202 valence electrons. The molecule has 2 aliphatic heterocycles. The Balaban J connectivity index is 1.52. The summed E-state index contributed by atoms with van der Waals surface area (Å²) in [5.74, 6) is 0.779. The van der Waals surface area contributed by atoms with E-state index in [4.69, 9.17) is 14.7 Å². The molecule has 0 fully saturated rings. The highest BCUT2D eigenvalue weighted by Gasteiger charge is 2.14. The molecule has 0 amide bonds. The Hall–Kier alpha value is -4.62. The number of benzene rings is 1. The number of fused-ring (bicyclic) bond motifs is 8. The highest BCUT2D eigenvalue weighted by atomic mass is 16.5. The van der Waals surface area contributed by atoms with Crippen LogP contribution < -0.4 is 4.74 Å². The van der Waals surface area contributed by atoms with Gasteiger partial charge >= 0.3 is 0 Å². The number of nitrogens with zero attached hydrogens (tertiary/aromatic N) is 3. The van der Waals surface area contributed by atoms with Crippen molar-refractivity contribution in [1.29, 1.82) is 0 Å². The van der Waals surface area contributed by atoms with Gasteiger partial charge in [0.05, 0.1) is 57.1 Å². The first kappa shape index (κ1) is 25.6. The number of hydrogen-bond acceptors (Lipinski definition) is 4. The maximum atomic E-state index is 10.7. The first-order valence-corrected chi connectivity index (χ1v) is 13.5. The molecule has 6 rings (SSSR count). The fourth-order valence-corrected chi connectivity index (χ4v) is 5.06. The second-order valence-electron chi connectivity index (χ2n) is 11.4. The standard InChI is InChI=1S/C33H33N5O2/c1-21-29-10-6-23(34-29)18-25-8-12-31(36-25)33(32-13-9-26(37-32)19-24-7-11-30(21)35-24)22-16-27(39)20-28(17-22)40-15-5-14-38(2,3)4/h6-13,16-20H,5,14-15H2,1-4H3,(H2-,34,35,36,37,39)/p+1. The van der Waals surface area contributed by atoms with E-state index in [0.717, 1.165) is 79.0 Å². The number of rotatable bonds is 6. The summed E-state index contributed by atoms with van der Waals surface area (Å²) < 4.78 is 6.96. The van der Waals surface area contributed by atoms with Crippen LogP contribution >= 0.6 is 0 Å². The van der Waals surface area contributed by atoms with Crippen LogP contribution in [0.25, 0.3) is 57.5 Å². The maximum Gasteiger partial charge on any atom is 0.123 e. The zero-order valence-electron chi connectivity index (χ0n) is 23.3. The molecule has 0 unspecified atom stereocenters. The van der Waals surface area contributed by atoms with E-state index in [9.17, 15) is 5.11 Å². The van der Waals surface area contributed by atoms with E-state index in [1.165, 1.54) is 0 Å². The number of phenolic OH excluding ortho intramolecular Hbond substituents is 1. The summed E-state index contributed by atoms with van der Waals surface area (Å²) in [7, 11) is 6.50. The molecular weight excluding hydrogens is 498 g/mol. The Labute approximate surface area is 233 Å². The number of nitrogens with one attached hydrogen (secondary N) is 2. The zero-order chi connectivity index (χ0) is 27.9. The third-order valence-corrected chi connectivity index (χ3v) is 7.08. The number of H-pyrrole nitrogens is 2. The monoisotopic (exact) mass is 532 g/mol. The lowest BCUT2D eigenvalue weighted by Gasteiger charge is -2.23. The number of ether oxygens (including phenoxy) is 1. The summed E-state index contributed by atoms with van der Waals surface area (Å²) in [5, 5.41) is 10.7. The first-order valence-electron chi connectivity index (χ1n) is 13.5. The Morgan fingerprint density at radius 2 is 1.45 bits per heavy atom. The van der Waals surface area contributed by atoms with Crippen molar-refractivity contribution in [2.45, 2.75) is 13.3 Å². The van der Waals surface area contributed by atoms with Gasteiger partial charge in [0.2, 0.25) is 0 Å². The molecule has 7 heteroatoms. The van der Waals surface area contributed by atoms with E-state index in [0.29, 0.717) is 12.4 Å². The molecule has 0 saturated heterocycles. The van der Waals surface area contributed by atoms with Gasteiger partial charge in [0, 0.05) is 40.1 Å². The van der Waals surface area contributed by atoms with Crippen molar-refractivity contribution in [1.82, 2.24) is 19.9 Å². The van der Waals surface area contributed by atoms with Crippen molar-refractivity contribution in [2.75, 3.05) is 34.3 Å². The summed E-state index contributed by atoms with van der Waals surface area (Å²) in [6.45, 7) is 3.66. The second-order valence-corrected chi connectivity index (χ2v) is 11.4. The molecule has 4 aromatic rings. The predicted octanol–water partition coefficient (Wildman–Crippen LogP) is 6.81. The molecule has 8 bridgehead atoms. The number of aromatic hydroxyl groups is 1. The van der Waals surface area contributed by atoms with Gasteiger partial charge in [-0.3, -0.25) is 0 Å². The number of aryl methyl sites for hydroxylation is 1. The molecule has 7 nitrogen and oxygen atoms in total. The van der Waals surface area contributed by atoms with E-state index in [2.05, 4.69) is 68.4 Å². The third kappa shape index (κ3) is 5.55. The van der Waals surface area contributed by atoms with Crippen molar-refractivity contribution in [2.24, 2.45) is 0 Å². The van der Waals surface area contributed by atoms with Crippen LogP contribution in [0.2, 0.25) is 0 Å². The molecule has 0 aliphatic carbocycles. The van der Waals surface area contributed by atoms with Crippen molar-refractivity contribution >= 4 is 46.4 Å². The topological polar surface area (TPSA) is 86.8 Å². The van der Waals surface area contributed by atoms with Crippen LogP contribution in [0.5, 0.6) is 11.5 Å². The van der Waals surface area contributed by atoms with Crippen LogP contribution in [0.3, 0.4) is 0 Å². The SMILES string of the molecule is Cc1c2nc(cc3nc(c(-c4cc(O)cc(OCCC[N+](C)(C)C)c4)c4ccc(cc5ccc1[nH]5)[nH]4)C=C3)C=C2. The summed E-state index contributed by atoms with van der Waals surface area (Å²) in [6.07, 6.45) is 8.97. The first-order chi connectivity index (χ1) is 19.2. The van der Waals surface area contributed by atoms with Gasteiger partial charge in [0.1, 0.15) is 11.5 Å². The molecule has 0 atom stereocenters. The lowest BCUT2D eigenvalue weighted by Crippen LogP contribution is -2.35. The van der Waals surface area contributed by atoms with Gasteiger partial charge in [-0.25, -0.2) is 9.97 Å². The highest BCUT2D eigenvalue weighted by Crippen LogP contribution is 2.35. The fraction of sp³-hybridized carbons (Fsp3) is 0.212. The van der Waals surface area contributed by atoms with Gasteiger partial charge in [-0.1, -0.05) is 0 Å². The molecule has 3 aromatic heterocycles. The fourth-order valence-electron chi connectivity index (χ4n) is 5.06. The van der Waals surface area contributed by atoms with Crippen LogP contribution in [0.4, 0.5) is 0 Å². The smallest absolute Gasteiger partial charge is 0.123 e. The summed E-state index contributed by atoms with van der Waals surface area (Å²) in [4.78, 5) is 16.8. The van der Waals surface area contributed by atoms with Crippen LogP contribution in [0.15, 0.2) is 54.6 Å².